The summed E-state index contributed by atoms with van der Waals surface area (Å²) >= 11 is 0. The zero-order valence-corrected chi connectivity index (χ0v) is 14.2. The molecule has 0 aliphatic heterocycles. The fourth-order valence-corrected chi connectivity index (χ4v) is 3.08. The number of pyridine rings is 1. The lowest BCUT2D eigenvalue weighted by Gasteiger charge is -2.17. The molecule has 2 aromatic rings. The Hall–Kier alpha value is -2.51. The lowest BCUT2D eigenvalue weighted by atomic mass is 10.2. The fraction of sp³-hybridized carbons (Fsp3) is 0.176. The summed E-state index contributed by atoms with van der Waals surface area (Å²) in [4.78, 5) is 18.0. The van der Waals surface area contributed by atoms with Gasteiger partial charge in [-0.1, -0.05) is 6.08 Å². The Bertz CT molecular complexity index is 803. The van der Waals surface area contributed by atoms with Crippen molar-refractivity contribution < 1.29 is 13.2 Å². The average molecular weight is 345 g/mol. The van der Waals surface area contributed by atoms with Gasteiger partial charge >= 0.3 is 0 Å². The van der Waals surface area contributed by atoms with E-state index in [2.05, 4.69) is 16.3 Å². The summed E-state index contributed by atoms with van der Waals surface area (Å²) in [5.74, 6) is -0.185. The van der Waals surface area contributed by atoms with Crippen molar-refractivity contribution in [2.45, 2.75) is 11.4 Å². The number of rotatable bonds is 7. The standard InChI is InChI=1S/C17H19N3O3S/c1-3-10-19-24(22,23)16-6-4-15(5-7-16)17(21)20(2)13-14-8-11-18-12-9-14/h3-9,11-12,19H,1,10,13H2,2H3. The Kier molecular flexibility index (Phi) is 5.83. The van der Waals surface area contributed by atoms with Gasteiger partial charge in [0.25, 0.3) is 5.91 Å². The van der Waals surface area contributed by atoms with E-state index in [1.54, 1.807) is 24.3 Å². The molecule has 0 spiro atoms. The van der Waals surface area contributed by atoms with Crippen molar-refractivity contribution in [3.63, 3.8) is 0 Å². The zero-order valence-electron chi connectivity index (χ0n) is 13.3. The molecule has 0 atom stereocenters. The van der Waals surface area contributed by atoms with Crippen molar-refractivity contribution in [3.8, 4) is 0 Å². The number of nitrogens with one attached hydrogen (secondary N) is 1. The Balaban J connectivity index is 2.09. The summed E-state index contributed by atoms with van der Waals surface area (Å²) in [5.41, 5.74) is 1.39. The van der Waals surface area contributed by atoms with Gasteiger partial charge in [-0.25, -0.2) is 13.1 Å². The van der Waals surface area contributed by atoms with Gasteiger partial charge in [-0.3, -0.25) is 9.78 Å². The molecule has 0 unspecified atom stereocenters. The molecule has 1 heterocycles. The lowest BCUT2D eigenvalue weighted by molar-refractivity contribution is 0.0785. The monoisotopic (exact) mass is 345 g/mol. The van der Waals surface area contributed by atoms with E-state index in [1.807, 2.05) is 12.1 Å². The SMILES string of the molecule is C=CCNS(=O)(=O)c1ccc(C(=O)N(C)Cc2ccncc2)cc1. The van der Waals surface area contributed by atoms with E-state index in [-0.39, 0.29) is 17.3 Å². The van der Waals surface area contributed by atoms with E-state index < -0.39 is 10.0 Å². The van der Waals surface area contributed by atoms with E-state index in [0.29, 0.717) is 12.1 Å². The minimum atomic E-state index is -3.59. The van der Waals surface area contributed by atoms with Gasteiger partial charge in [0.05, 0.1) is 4.90 Å². The van der Waals surface area contributed by atoms with Gasteiger partial charge in [0.1, 0.15) is 0 Å². The van der Waals surface area contributed by atoms with Crippen LogP contribution < -0.4 is 4.72 Å². The molecular weight excluding hydrogens is 326 g/mol. The van der Waals surface area contributed by atoms with Crippen LogP contribution in [0.15, 0.2) is 66.3 Å². The maximum absolute atomic E-state index is 12.4. The van der Waals surface area contributed by atoms with Gasteiger partial charge in [0.15, 0.2) is 0 Å². The number of carbonyl (C=O) groups is 1. The second-order valence-corrected chi connectivity index (χ2v) is 6.95. The van der Waals surface area contributed by atoms with Crippen molar-refractivity contribution in [1.29, 1.82) is 0 Å². The van der Waals surface area contributed by atoms with Crippen LogP contribution in [0.2, 0.25) is 0 Å². The van der Waals surface area contributed by atoms with E-state index >= 15 is 0 Å². The molecule has 7 heteroatoms. The molecule has 0 fully saturated rings. The second kappa shape index (κ2) is 7.85. The summed E-state index contributed by atoms with van der Waals surface area (Å²) in [6, 6.07) is 9.52. The molecule has 126 valence electrons. The minimum Gasteiger partial charge on any atom is -0.337 e. The van der Waals surface area contributed by atoms with Crippen LogP contribution in [0, 0.1) is 0 Å². The lowest BCUT2D eigenvalue weighted by Crippen LogP contribution is -2.26. The molecule has 0 radical (unpaired) electrons. The third kappa shape index (κ3) is 4.50. The Morgan fingerprint density at radius 1 is 1.21 bits per heavy atom. The zero-order chi connectivity index (χ0) is 17.6. The molecule has 0 bridgehead atoms. The Morgan fingerprint density at radius 2 is 1.83 bits per heavy atom. The number of hydrogen-bond donors (Lipinski definition) is 1. The van der Waals surface area contributed by atoms with Gasteiger partial charge in [-0.15, -0.1) is 6.58 Å². The van der Waals surface area contributed by atoms with Crippen molar-refractivity contribution in [3.05, 3.63) is 72.6 Å². The van der Waals surface area contributed by atoms with Crippen molar-refractivity contribution >= 4 is 15.9 Å². The number of carbonyl (C=O) groups excluding carboxylic acids is 1. The highest BCUT2D eigenvalue weighted by Gasteiger charge is 2.16. The number of benzene rings is 1. The van der Waals surface area contributed by atoms with Crippen LogP contribution in [-0.2, 0) is 16.6 Å². The number of aromatic nitrogens is 1. The van der Waals surface area contributed by atoms with Crippen LogP contribution in [0.5, 0.6) is 0 Å². The highest BCUT2D eigenvalue weighted by atomic mass is 32.2. The van der Waals surface area contributed by atoms with Gasteiger partial charge in [-0.05, 0) is 42.0 Å². The van der Waals surface area contributed by atoms with Crippen LogP contribution in [0.3, 0.4) is 0 Å². The summed E-state index contributed by atoms with van der Waals surface area (Å²) in [6.07, 6.45) is 4.80. The van der Waals surface area contributed by atoms with E-state index in [1.165, 1.54) is 30.3 Å². The predicted octanol–water partition coefficient (Wildman–Crippen LogP) is 1.82. The molecule has 0 saturated heterocycles. The molecule has 0 saturated carbocycles. The van der Waals surface area contributed by atoms with E-state index in [4.69, 9.17) is 0 Å². The van der Waals surface area contributed by atoms with Gasteiger partial charge < -0.3 is 4.90 Å². The summed E-state index contributed by atoms with van der Waals surface area (Å²) in [6.45, 7) is 4.06. The van der Waals surface area contributed by atoms with Crippen molar-refractivity contribution in [2.75, 3.05) is 13.6 Å². The first kappa shape index (κ1) is 17.8. The maximum Gasteiger partial charge on any atom is 0.253 e. The maximum atomic E-state index is 12.4. The van der Waals surface area contributed by atoms with Gasteiger partial charge in [0, 0.05) is 38.1 Å². The number of amides is 1. The normalized spacial score (nSPS) is 11.0. The van der Waals surface area contributed by atoms with Crippen LogP contribution in [0.4, 0.5) is 0 Å². The predicted molar refractivity (Wildman–Crippen MR) is 91.9 cm³/mol. The van der Waals surface area contributed by atoms with Crippen LogP contribution in [0.1, 0.15) is 15.9 Å². The third-order valence-electron chi connectivity index (χ3n) is 3.35. The number of hydrogen-bond acceptors (Lipinski definition) is 4. The third-order valence-corrected chi connectivity index (χ3v) is 4.78. The van der Waals surface area contributed by atoms with Gasteiger partial charge in [-0.2, -0.15) is 0 Å². The molecule has 0 aliphatic rings. The first-order valence-corrected chi connectivity index (χ1v) is 8.77. The molecule has 1 N–H and O–H groups in total. The molecule has 1 aromatic heterocycles. The Morgan fingerprint density at radius 3 is 2.42 bits per heavy atom. The van der Waals surface area contributed by atoms with Crippen LogP contribution in [-0.4, -0.2) is 37.8 Å². The molecule has 0 aliphatic carbocycles. The molecule has 24 heavy (non-hydrogen) atoms. The average Bonchev–Trinajstić information content (AvgIpc) is 2.60. The van der Waals surface area contributed by atoms with E-state index in [9.17, 15) is 13.2 Å². The minimum absolute atomic E-state index is 0.109. The second-order valence-electron chi connectivity index (χ2n) is 5.18. The largest absolute Gasteiger partial charge is 0.337 e. The Labute approximate surface area is 141 Å². The topological polar surface area (TPSA) is 79.4 Å². The van der Waals surface area contributed by atoms with Crippen LogP contribution >= 0.6 is 0 Å². The molecule has 1 aromatic carbocycles. The number of sulfonamides is 1. The van der Waals surface area contributed by atoms with E-state index in [0.717, 1.165) is 5.56 Å². The summed E-state index contributed by atoms with van der Waals surface area (Å²) < 4.78 is 26.4. The molecular formula is C17H19N3O3S. The molecule has 1 amide bonds. The smallest absolute Gasteiger partial charge is 0.253 e. The highest BCUT2D eigenvalue weighted by Crippen LogP contribution is 2.13. The summed E-state index contributed by atoms with van der Waals surface area (Å²) in [5, 5.41) is 0. The first-order chi connectivity index (χ1) is 11.4. The van der Waals surface area contributed by atoms with Crippen molar-refractivity contribution in [1.82, 2.24) is 14.6 Å². The van der Waals surface area contributed by atoms with Crippen molar-refractivity contribution in [2.24, 2.45) is 0 Å². The summed E-state index contributed by atoms with van der Waals surface area (Å²) in [7, 11) is -1.89. The van der Waals surface area contributed by atoms with Gasteiger partial charge in [0.2, 0.25) is 10.0 Å². The number of nitrogens with zero attached hydrogens (tertiary/aromatic N) is 2. The molecule has 6 nitrogen and oxygen atoms in total. The highest BCUT2D eigenvalue weighted by molar-refractivity contribution is 7.89. The van der Waals surface area contributed by atoms with Crippen LogP contribution in [0.25, 0.3) is 0 Å². The quantitative estimate of drug-likeness (QED) is 0.776. The fourth-order valence-electron chi connectivity index (χ4n) is 2.08. The molecule has 2 rings (SSSR count). The first-order valence-electron chi connectivity index (χ1n) is 7.29.